The normalized spacial score (nSPS) is 22.2. The van der Waals surface area contributed by atoms with Gasteiger partial charge in [-0.25, -0.2) is 4.79 Å². The number of hydrogen-bond donors (Lipinski definition) is 1. The molecule has 0 atom stereocenters. The highest BCUT2D eigenvalue weighted by Gasteiger charge is 2.21. The highest BCUT2D eigenvalue weighted by atomic mass is 16.5. The average Bonchev–Trinajstić information content (AvgIpc) is 2.48. The molecule has 0 aliphatic heterocycles. The minimum Gasteiger partial charge on any atom is -0.493 e. The molecule has 0 spiro atoms. The first-order chi connectivity index (χ1) is 10.1. The van der Waals surface area contributed by atoms with Gasteiger partial charge in [0.2, 0.25) is 0 Å². The Kier molecular flexibility index (Phi) is 5.26. The fourth-order valence-electron chi connectivity index (χ4n) is 2.63. The number of benzene rings is 1. The molecule has 1 aliphatic rings. The predicted octanol–water partition coefficient (Wildman–Crippen LogP) is 3.75. The predicted molar refractivity (Wildman–Crippen MR) is 81.7 cm³/mol. The Bertz CT molecular complexity index is 514. The van der Waals surface area contributed by atoms with Crippen LogP contribution in [0.25, 0.3) is 6.08 Å². The summed E-state index contributed by atoms with van der Waals surface area (Å²) in [5.41, 5.74) is 0.732. The van der Waals surface area contributed by atoms with Crippen LogP contribution in [0, 0.1) is 5.92 Å². The van der Waals surface area contributed by atoms with E-state index in [4.69, 9.17) is 14.6 Å². The van der Waals surface area contributed by atoms with Crippen molar-refractivity contribution in [2.24, 2.45) is 5.92 Å². The van der Waals surface area contributed by atoms with Gasteiger partial charge in [-0.2, -0.15) is 0 Å². The monoisotopic (exact) mass is 290 g/mol. The van der Waals surface area contributed by atoms with Gasteiger partial charge in [-0.05, 0) is 43.7 Å². The molecular formula is C17H22O4. The van der Waals surface area contributed by atoms with Crippen molar-refractivity contribution >= 4 is 12.0 Å². The van der Waals surface area contributed by atoms with Crippen LogP contribution in [0.1, 0.15) is 38.2 Å². The fourth-order valence-corrected chi connectivity index (χ4v) is 2.63. The van der Waals surface area contributed by atoms with E-state index < -0.39 is 5.97 Å². The van der Waals surface area contributed by atoms with Gasteiger partial charge in [0, 0.05) is 11.6 Å². The van der Waals surface area contributed by atoms with Crippen molar-refractivity contribution in [3.05, 3.63) is 29.8 Å². The first kappa shape index (κ1) is 15.4. The minimum absolute atomic E-state index is 0.175. The van der Waals surface area contributed by atoms with E-state index in [1.807, 2.05) is 18.2 Å². The third-order valence-corrected chi connectivity index (χ3v) is 3.88. The maximum Gasteiger partial charge on any atom is 0.328 e. The van der Waals surface area contributed by atoms with Gasteiger partial charge in [0.1, 0.15) is 0 Å². The zero-order valence-electron chi connectivity index (χ0n) is 12.5. The van der Waals surface area contributed by atoms with Crippen molar-refractivity contribution in [2.75, 3.05) is 7.11 Å². The molecule has 0 heterocycles. The van der Waals surface area contributed by atoms with E-state index in [0.29, 0.717) is 11.5 Å². The quantitative estimate of drug-likeness (QED) is 0.839. The van der Waals surface area contributed by atoms with Gasteiger partial charge < -0.3 is 14.6 Å². The average molecular weight is 290 g/mol. The molecule has 1 aliphatic carbocycles. The number of rotatable bonds is 5. The Morgan fingerprint density at radius 2 is 2.00 bits per heavy atom. The summed E-state index contributed by atoms with van der Waals surface area (Å²) in [6.07, 6.45) is 7.23. The van der Waals surface area contributed by atoms with E-state index in [9.17, 15) is 4.79 Å². The Labute approximate surface area is 125 Å². The molecule has 1 aromatic carbocycles. The second-order valence-electron chi connectivity index (χ2n) is 5.55. The summed E-state index contributed by atoms with van der Waals surface area (Å²) in [7, 11) is 1.59. The number of hydrogen-bond acceptors (Lipinski definition) is 3. The number of methoxy groups -OCH3 is 1. The number of aliphatic carboxylic acids is 1. The van der Waals surface area contributed by atoms with E-state index in [0.717, 1.165) is 30.4 Å². The molecule has 114 valence electrons. The topological polar surface area (TPSA) is 55.8 Å². The SMILES string of the molecule is COc1cccc(C=CC(=O)O)c1OC1CCC(C)CC1. The summed E-state index contributed by atoms with van der Waals surface area (Å²) >= 11 is 0. The molecule has 0 radical (unpaired) electrons. The summed E-state index contributed by atoms with van der Waals surface area (Å²) in [6, 6.07) is 5.50. The lowest BCUT2D eigenvalue weighted by Crippen LogP contribution is -2.23. The van der Waals surface area contributed by atoms with Gasteiger partial charge >= 0.3 is 5.97 Å². The molecule has 4 nitrogen and oxygen atoms in total. The van der Waals surface area contributed by atoms with E-state index in [1.54, 1.807) is 13.2 Å². The Morgan fingerprint density at radius 1 is 1.29 bits per heavy atom. The molecule has 0 bridgehead atoms. The van der Waals surface area contributed by atoms with Crippen LogP contribution in [0.15, 0.2) is 24.3 Å². The summed E-state index contributed by atoms with van der Waals surface area (Å²) < 4.78 is 11.5. The van der Waals surface area contributed by atoms with Gasteiger partial charge in [0.05, 0.1) is 13.2 Å². The standard InChI is InChI=1S/C17H22O4/c1-12-6-9-14(10-7-12)21-17-13(8-11-16(18)19)4-3-5-15(17)20-2/h3-5,8,11-12,14H,6-7,9-10H2,1-2H3,(H,18,19). The molecule has 0 amide bonds. The van der Waals surface area contributed by atoms with E-state index in [1.165, 1.54) is 12.8 Å². The third-order valence-electron chi connectivity index (χ3n) is 3.88. The zero-order valence-corrected chi connectivity index (χ0v) is 12.5. The van der Waals surface area contributed by atoms with Gasteiger partial charge in [0.25, 0.3) is 0 Å². The van der Waals surface area contributed by atoms with Crippen molar-refractivity contribution < 1.29 is 19.4 Å². The molecule has 1 saturated carbocycles. The summed E-state index contributed by atoms with van der Waals surface area (Å²) in [5, 5.41) is 8.78. The first-order valence-corrected chi connectivity index (χ1v) is 7.34. The van der Waals surface area contributed by atoms with Crippen molar-refractivity contribution in [3.63, 3.8) is 0 Å². The molecule has 1 N–H and O–H groups in total. The van der Waals surface area contributed by atoms with Crippen LogP contribution in [0.4, 0.5) is 0 Å². The van der Waals surface area contributed by atoms with Crippen LogP contribution in [0.2, 0.25) is 0 Å². The van der Waals surface area contributed by atoms with Crippen molar-refractivity contribution in [2.45, 2.75) is 38.7 Å². The Balaban J connectivity index is 2.20. The van der Waals surface area contributed by atoms with Crippen LogP contribution in [-0.4, -0.2) is 24.3 Å². The van der Waals surface area contributed by atoms with Gasteiger partial charge in [-0.1, -0.05) is 19.1 Å². The molecule has 0 saturated heterocycles. The highest BCUT2D eigenvalue weighted by Crippen LogP contribution is 2.35. The summed E-state index contributed by atoms with van der Waals surface area (Å²) in [4.78, 5) is 10.7. The molecule has 1 fully saturated rings. The fraction of sp³-hybridized carbons (Fsp3) is 0.471. The molecule has 0 unspecified atom stereocenters. The molecule has 21 heavy (non-hydrogen) atoms. The van der Waals surface area contributed by atoms with Crippen LogP contribution >= 0.6 is 0 Å². The molecule has 0 aromatic heterocycles. The van der Waals surface area contributed by atoms with Crippen molar-refractivity contribution in [1.29, 1.82) is 0 Å². The summed E-state index contributed by atoms with van der Waals surface area (Å²) in [5.74, 6) is 1.06. The number of para-hydroxylation sites is 1. The molecule has 4 heteroatoms. The van der Waals surface area contributed by atoms with E-state index in [-0.39, 0.29) is 6.10 Å². The maximum absolute atomic E-state index is 10.7. The Morgan fingerprint density at radius 3 is 2.62 bits per heavy atom. The lowest BCUT2D eigenvalue weighted by atomic mass is 9.89. The van der Waals surface area contributed by atoms with Crippen LogP contribution in [0.3, 0.4) is 0 Å². The van der Waals surface area contributed by atoms with Gasteiger partial charge in [-0.15, -0.1) is 0 Å². The van der Waals surface area contributed by atoms with Crippen molar-refractivity contribution in [3.8, 4) is 11.5 Å². The smallest absolute Gasteiger partial charge is 0.328 e. The van der Waals surface area contributed by atoms with Crippen LogP contribution in [0.5, 0.6) is 11.5 Å². The Hall–Kier alpha value is -1.97. The summed E-state index contributed by atoms with van der Waals surface area (Å²) in [6.45, 7) is 2.26. The number of carboxylic acids is 1. The van der Waals surface area contributed by atoms with Crippen LogP contribution in [-0.2, 0) is 4.79 Å². The third kappa shape index (κ3) is 4.25. The molecular weight excluding hydrogens is 268 g/mol. The largest absolute Gasteiger partial charge is 0.493 e. The van der Waals surface area contributed by atoms with Gasteiger partial charge in [0.15, 0.2) is 11.5 Å². The zero-order chi connectivity index (χ0) is 15.2. The minimum atomic E-state index is -0.977. The van der Waals surface area contributed by atoms with E-state index in [2.05, 4.69) is 6.92 Å². The number of carbonyl (C=O) groups is 1. The highest BCUT2D eigenvalue weighted by molar-refractivity contribution is 5.86. The maximum atomic E-state index is 10.7. The second-order valence-corrected chi connectivity index (χ2v) is 5.55. The number of carboxylic acid groups (broad SMARTS) is 1. The second kappa shape index (κ2) is 7.16. The van der Waals surface area contributed by atoms with Crippen LogP contribution < -0.4 is 9.47 Å². The number of ether oxygens (including phenoxy) is 2. The lowest BCUT2D eigenvalue weighted by molar-refractivity contribution is -0.131. The first-order valence-electron chi connectivity index (χ1n) is 7.34. The van der Waals surface area contributed by atoms with E-state index >= 15 is 0 Å². The molecule has 1 aromatic rings. The lowest BCUT2D eigenvalue weighted by Gasteiger charge is -2.28. The molecule has 2 rings (SSSR count). The van der Waals surface area contributed by atoms with Gasteiger partial charge in [-0.3, -0.25) is 0 Å². The van der Waals surface area contributed by atoms with Crippen molar-refractivity contribution in [1.82, 2.24) is 0 Å².